The summed E-state index contributed by atoms with van der Waals surface area (Å²) >= 11 is 3.43. The highest BCUT2D eigenvalue weighted by atomic mass is 79.9. The van der Waals surface area contributed by atoms with Gasteiger partial charge in [0.05, 0.1) is 0 Å². The summed E-state index contributed by atoms with van der Waals surface area (Å²) in [4.78, 5) is 2.06. The van der Waals surface area contributed by atoms with Crippen LogP contribution in [0, 0.1) is 5.41 Å². The van der Waals surface area contributed by atoms with E-state index in [1.807, 2.05) is 18.2 Å². The van der Waals surface area contributed by atoms with E-state index in [-0.39, 0.29) is 0 Å². The lowest BCUT2D eigenvalue weighted by Gasteiger charge is -2.17. The maximum Gasteiger partial charge on any atom is 0.100 e. The number of nitrogens with zero attached hydrogens (tertiary/aromatic N) is 1. The first kappa shape index (κ1) is 8.75. The molecule has 0 radical (unpaired) electrons. The van der Waals surface area contributed by atoms with Crippen LogP contribution in [0.4, 0.5) is 5.69 Å². The summed E-state index contributed by atoms with van der Waals surface area (Å²) < 4.78 is 1.07. The van der Waals surface area contributed by atoms with Crippen molar-refractivity contribution in [2.75, 3.05) is 11.4 Å². The van der Waals surface area contributed by atoms with Crippen LogP contribution in [0.15, 0.2) is 28.7 Å². The smallest absolute Gasteiger partial charge is 0.100 e. The Kier molecular flexibility index (Phi) is 2.36. The van der Waals surface area contributed by atoms with Crippen molar-refractivity contribution in [2.45, 2.75) is 12.8 Å². The van der Waals surface area contributed by atoms with E-state index in [0.717, 1.165) is 35.4 Å². The molecule has 0 atom stereocenters. The number of anilines is 1. The van der Waals surface area contributed by atoms with E-state index in [0.29, 0.717) is 0 Å². The zero-order chi connectivity index (χ0) is 9.26. The summed E-state index contributed by atoms with van der Waals surface area (Å²) in [5.74, 6) is 0.734. The zero-order valence-electron chi connectivity index (χ0n) is 7.26. The van der Waals surface area contributed by atoms with Gasteiger partial charge >= 0.3 is 0 Å². The highest BCUT2D eigenvalue weighted by Gasteiger charge is 2.17. The Morgan fingerprint density at radius 2 is 2.23 bits per heavy atom. The zero-order valence-corrected chi connectivity index (χ0v) is 8.84. The van der Waals surface area contributed by atoms with Crippen LogP contribution < -0.4 is 4.90 Å². The fourth-order valence-electron chi connectivity index (χ4n) is 1.60. The number of hydrogen-bond donors (Lipinski definition) is 1. The average molecular weight is 239 g/mol. The highest BCUT2D eigenvalue weighted by molar-refractivity contribution is 9.10. The number of benzene rings is 1. The molecule has 2 nitrogen and oxygen atoms in total. The van der Waals surface area contributed by atoms with Crippen molar-refractivity contribution in [3.05, 3.63) is 28.7 Å². The van der Waals surface area contributed by atoms with Gasteiger partial charge in [0.15, 0.2) is 0 Å². The molecule has 1 aromatic carbocycles. The maximum atomic E-state index is 7.72. The van der Waals surface area contributed by atoms with Gasteiger partial charge in [0.1, 0.15) is 5.84 Å². The first-order valence-electron chi connectivity index (χ1n) is 4.38. The molecule has 1 aromatic rings. The summed E-state index contributed by atoms with van der Waals surface area (Å²) in [6.45, 7) is 0.981. The number of rotatable bonds is 1. The summed E-state index contributed by atoms with van der Waals surface area (Å²) in [5, 5.41) is 7.72. The van der Waals surface area contributed by atoms with Crippen LogP contribution in [0.5, 0.6) is 0 Å². The minimum absolute atomic E-state index is 0.734. The number of halogens is 1. The van der Waals surface area contributed by atoms with Crippen molar-refractivity contribution in [3.63, 3.8) is 0 Å². The van der Waals surface area contributed by atoms with Crippen molar-refractivity contribution in [1.29, 1.82) is 5.41 Å². The van der Waals surface area contributed by atoms with Crippen molar-refractivity contribution in [3.8, 4) is 0 Å². The Morgan fingerprint density at radius 1 is 1.38 bits per heavy atom. The standard InChI is InChI=1S/C10H11BrN2/c11-8-3-1-4-9(7-8)13-6-2-5-10(13)12/h1,3-4,7,12H,2,5-6H2. The minimum atomic E-state index is 0.734. The topological polar surface area (TPSA) is 27.1 Å². The van der Waals surface area contributed by atoms with Crippen molar-refractivity contribution in [2.24, 2.45) is 0 Å². The molecule has 0 aromatic heterocycles. The molecule has 0 amide bonds. The third kappa shape index (κ3) is 1.75. The molecule has 1 fully saturated rings. The molecule has 1 aliphatic rings. The predicted molar refractivity (Wildman–Crippen MR) is 58.4 cm³/mol. The van der Waals surface area contributed by atoms with Crippen LogP contribution in [0.3, 0.4) is 0 Å². The molecule has 0 aliphatic carbocycles. The molecule has 0 unspecified atom stereocenters. The number of nitrogens with one attached hydrogen (secondary N) is 1. The van der Waals surface area contributed by atoms with Crippen LogP contribution in [0.2, 0.25) is 0 Å². The SMILES string of the molecule is N=C1CCCN1c1cccc(Br)c1. The monoisotopic (exact) mass is 238 g/mol. The Bertz CT molecular complexity index is 335. The van der Waals surface area contributed by atoms with Crippen LogP contribution in [0.25, 0.3) is 0 Å². The van der Waals surface area contributed by atoms with Crippen molar-refractivity contribution < 1.29 is 0 Å². The molecule has 13 heavy (non-hydrogen) atoms. The summed E-state index contributed by atoms with van der Waals surface area (Å²) in [6.07, 6.45) is 2.01. The normalized spacial score (nSPS) is 16.7. The molecule has 1 aliphatic heterocycles. The lowest BCUT2D eigenvalue weighted by molar-refractivity contribution is 0.956. The third-order valence-corrected chi connectivity index (χ3v) is 2.73. The molecule has 2 rings (SSSR count). The molecule has 1 saturated heterocycles. The molecular formula is C10H11BrN2. The van der Waals surface area contributed by atoms with Crippen molar-refractivity contribution in [1.82, 2.24) is 0 Å². The Balaban J connectivity index is 2.29. The minimum Gasteiger partial charge on any atom is -0.330 e. The third-order valence-electron chi connectivity index (χ3n) is 2.24. The molecule has 0 bridgehead atoms. The van der Waals surface area contributed by atoms with Gasteiger partial charge in [-0.05, 0) is 24.6 Å². The predicted octanol–water partition coefficient (Wildman–Crippen LogP) is 3.03. The van der Waals surface area contributed by atoms with E-state index in [2.05, 4.69) is 26.9 Å². The highest BCUT2D eigenvalue weighted by Crippen LogP contribution is 2.24. The Morgan fingerprint density at radius 3 is 2.85 bits per heavy atom. The van der Waals surface area contributed by atoms with E-state index in [9.17, 15) is 0 Å². The quantitative estimate of drug-likeness (QED) is 0.801. The van der Waals surface area contributed by atoms with Gasteiger partial charge in [-0.25, -0.2) is 0 Å². The molecular weight excluding hydrogens is 228 g/mol. The van der Waals surface area contributed by atoms with Gasteiger partial charge in [-0.3, -0.25) is 5.41 Å². The number of hydrogen-bond acceptors (Lipinski definition) is 1. The van der Waals surface area contributed by atoms with E-state index in [4.69, 9.17) is 5.41 Å². The second kappa shape index (κ2) is 3.50. The van der Waals surface area contributed by atoms with Gasteiger partial charge < -0.3 is 4.90 Å². The molecule has 1 N–H and O–H groups in total. The molecule has 68 valence electrons. The average Bonchev–Trinajstić information content (AvgIpc) is 2.51. The van der Waals surface area contributed by atoms with Crippen LogP contribution >= 0.6 is 15.9 Å². The van der Waals surface area contributed by atoms with E-state index in [1.165, 1.54) is 0 Å². The van der Waals surface area contributed by atoms with Crippen LogP contribution in [0.1, 0.15) is 12.8 Å². The van der Waals surface area contributed by atoms with Gasteiger partial charge in [-0.2, -0.15) is 0 Å². The van der Waals surface area contributed by atoms with Gasteiger partial charge in [0.25, 0.3) is 0 Å². The summed E-state index contributed by atoms with van der Waals surface area (Å²) in [6, 6.07) is 8.11. The Hall–Kier alpha value is -0.830. The van der Waals surface area contributed by atoms with Gasteiger partial charge in [0.2, 0.25) is 0 Å². The maximum absolute atomic E-state index is 7.72. The van der Waals surface area contributed by atoms with Crippen LogP contribution in [-0.2, 0) is 0 Å². The Labute approximate surface area is 86.2 Å². The molecule has 1 heterocycles. The lowest BCUT2D eigenvalue weighted by atomic mass is 10.3. The lowest BCUT2D eigenvalue weighted by Crippen LogP contribution is -2.22. The van der Waals surface area contributed by atoms with Gasteiger partial charge in [-0.1, -0.05) is 22.0 Å². The second-order valence-corrected chi connectivity index (χ2v) is 4.10. The van der Waals surface area contributed by atoms with E-state index in [1.54, 1.807) is 0 Å². The van der Waals surface area contributed by atoms with E-state index < -0.39 is 0 Å². The van der Waals surface area contributed by atoms with Gasteiger partial charge in [0, 0.05) is 23.1 Å². The second-order valence-electron chi connectivity index (χ2n) is 3.18. The fraction of sp³-hybridized carbons (Fsp3) is 0.300. The first-order chi connectivity index (χ1) is 6.27. The summed E-state index contributed by atoms with van der Waals surface area (Å²) in [5.41, 5.74) is 1.12. The summed E-state index contributed by atoms with van der Waals surface area (Å²) in [7, 11) is 0. The fourth-order valence-corrected chi connectivity index (χ4v) is 1.99. The molecule has 0 spiro atoms. The van der Waals surface area contributed by atoms with Gasteiger partial charge in [-0.15, -0.1) is 0 Å². The van der Waals surface area contributed by atoms with Crippen LogP contribution in [-0.4, -0.2) is 12.4 Å². The molecule has 0 saturated carbocycles. The van der Waals surface area contributed by atoms with E-state index >= 15 is 0 Å². The largest absolute Gasteiger partial charge is 0.330 e. The molecule has 3 heteroatoms. The van der Waals surface area contributed by atoms with Crippen molar-refractivity contribution >= 4 is 27.5 Å². The first-order valence-corrected chi connectivity index (χ1v) is 5.17. The number of amidine groups is 1.